The zero-order chi connectivity index (χ0) is 21.9. The highest BCUT2D eigenvalue weighted by atomic mass is 16.2. The van der Waals surface area contributed by atoms with Crippen molar-refractivity contribution in [2.45, 2.75) is 38.5 Å². The molecule has 32 heavy (non-hydrogen) atoms. The van der Waals surface area contributed by atoms with Gasteiger partial charge in [-0.15, -0.1) is 0 Å². The van der Waals surface area contributed by atoms with Crippen LogP contribution in [0.15, 0.2) is 42.6 Å². The average Bonchev–Trinajstić information content (AvgIpc) is 3.25. The number of pyridine rings is 1. The predicted molar refractivity (Wildman–Crippen MR) is 125 cm³/mol. The molecule has 2 saturated heterocycles. The second-order valence-electron chi connectivity index (χ2n) is 9.11. The van der Waals surface area contributed by atoms with Crippen molar-refractivity contribution in [2.24, 2.45) is 5.92 Å². The quantitative estimate of drug-likeness (QED) is 0.771. The number of nitrogens with zero attached hydrogens (tertiary/aromatic N) is 4. The van der Waals surface area contributed by atoms with E-state index in [1.54, 1.807) is 23.2 Å². The van der Waals surface area contributed by atoms with Gasteiger partial charge in [0.15, 0.2) is 5.82 Å². The maximum atomic E-state index is 13.7. The lowest BCUT2D eigenvalue weighted by atomic mass is 10.0. The summed E-state index contributed by atoms with van der Waals surface area (Å²) in [6.07, 6.45) is 9.05. The minimum absolute atomic E-state index is 0.104. The van der Waals surface area contributed by atoms with E-state index in [1.165, 1.54) is 45.3 Å². The first kappa shape index (κ1) is 20.9. The average molecular weight is 434 g/mol. The fourth-order valence-corrected chi connectivity index (χ4v) is 5.19. The van der Waals surface area contributed by atoms with Crippen molar-refractivity contribution < 1.29 is 9.59 Å². The number of nitrogens with one attached hydrogen (secondary N) is 1. The van der Waals surface area contributed by atoms with Crippen LogP contribution in [0.5, 0.6) is 0 Å². The maximum Gasteiger partial charge on any atom is 0.330 e. The third kappa shape index (κ3) is 4.21. The first-order valence-corrected chi connectivity index (χ1v) is 11.9. The van der Waals surface area contributed by atoms with Gasteiger partial charge in [0.1, 0.15) is 0 Å². The number of anilines is 3. The molecule has 2 aromatic rings. The first-order chi connectivity index (χ1) is 15.7. The van der Waals surface area contributed by atoms with Gasteiger partial charge in [-0.25, -0.2) is 14.7 Å². The molecule has 7 nitrogen and oxygen atoms in total. The van der Waals surface area contributed by atoms with Crippen LogP contribution in [0.4, 0.5) is 22.0 Å². The van der Waals surface area contributed by atoms with Gasteiger partial charge in [-0.1, -0.05) is 18.6 Å². The Hall–Kier alpha value is -2.93. The fourth-order valence-electron chi connectivity index (χ4n) is 5.19. The Kier molecular flexibility index (Phi) is 6.08. The molecule has 1 aromatic heterocycles. The van der Waals surface area contributed by atoms with Crippen LogP contribution in [0.25, 0.3) is 0 Å². The van der Waals surface area contributed by atoms with E-state index in [2.05, 4.69) is 15.2 Å². The molecule has 0 spiro atoms. The summed E-state index contributed by atoms with van der Waals surface area (Å²) in [5.74, 6) is 0.690. The molecular weight excluding hydrogens is 402 g/mol. The van der Waals surface area contributed by atoms with Gasteiger partial charge >= 0.3 is 6.03 Å². The van der Waals surface area contributed by atoms with E-state index < -0.39 is 0 Å². The summed E-state index contributed by atoms with van der Waals surface area (Å²) in [5.41, 5.74) is 1.70. The predicted octanol–water partition coefficient (Wildman–Crippen LogP) is 4.49. The second kappa shape index (κ2) is 9.28. The van der Waals surface area contributed by atoms with Crippen LogP contribution in [-0.2, 0) is 0 Å². The van der Waals surface area contributed by atoms with Gasteiger partial charge in [-0.05, 0) is 81.9 Å². The van der Waals surface area contributed by atoms with Crippen LogP contribution in [0.1, 0.15) is 48.9 Å². The number of benzene rings is 1. The molecule has 7 heteroatoms. The van der Waals surface area contributed by atoms with Crippen molar-refractivity contribution >= 4 is 29.1 Å². The van der Waals surface area contributed by atoms with Crippen LogP contribution in [0, 0.1) is 5.92 Å². The molecular formula is C25H31N5O2. The number of likely N-dealkylation sites (tertiary alicyclic amines) is 2. The number of urea groups is 1. The highest BCUT2D eigenvalue weighted by Crippen LogP contribution is 2.38. The van der Waals surface area contributed by atoms with E-state index in [0.717, 1.165) is 25.9 Å². The number of piperidine rings is 1. The summed E-state index contributed by atoms with van der Waals surface area (Å²) in [6.45, 7) is 5.16. The number of para-hydroxylation sites is 2. The van der Waals surface area contributed by atoms with Gasteiger partial charge in [-0.2, -0.15) is 0 Å². The van der Waals surface area contributed by atoms with Gasteiger partial charge in [0, 0.05) is 19.3 Å². The van der Waals surface area contributed by atoms with Crippen molar-refractivity contribution in [3.05, 3.63) is 48.2 Å². The van der Waals surface area contributed by atoms with Crippen molar-refractivity contribution in [1.82, 2.24) is 14.8 Å². The van der Waals surface area contributed by atoms with Crippen LogP contribution in [-0.4, -0.2) is 59.4 Å². The second-order valence-corrected chi connectivity index (χ2v) is 9.11. The molecule has 1 atom stereocenters. The first-order valence-electron chi connectivity index (χ1n) is 11.9. The van der Waals surface area contributed by atoms with Crippen LogP contribution in [0.2, 0.25) is 0 Å². The number of aromatic nitrogens is 1. The smallest absolute Gasteiger partial charge is 0.324 e. The Labute approximate surface area is 189 Å². The van der Waals surface area contributed by atoms with Crippen molar-refractivity contribution in [3.63, 3.8) is 0 Å². The zero-order valence-electron chi connectivity index (χ0n) is 18.5. The normalized spacial score (nSPS) is 21.0. The molecule has 168 valence electrons. The zero-order valence-corrected chi connectivity index (χ0v) is 18.5. The monoisotopic (exact) mass is 433 g/mol. The lowest BCUT2D eigenvalue weighted by Crippen LogP contribution is -2.40. The van der Waals surface area contributed by atoms with E-state index in [1.807, 2.05) is 29.2 Å². The largest absolute Gasteiger partial charge is 0.330 e. The van der Waals surface area contributed by atoms with Gasteiger partial charge in [0.25, 0.3) is 5.91 Å². The van der Waals surface area contributed by atoms with E-state index in [4.69, 9.17) is 0 Å². The summed E-state index contributed by atoms with van der Waals surface area (Å²) >= 11 is 0. The Morgan fingerprint density at radius 1 is 1.06 bits per heavy atom. The summed E-state index contributed by atoms with van der Waals surface area (Å²) in [6, 6.07) is 10.8. The van der Waals surface area contributed by atoms with E-state index in [-0.39, 0.29) is 11.9 Å². The number of hydrogen-bond donors (Lipinski definition) is 1. The molecule has 1 unspecified atom stereocenters. The van der Waals surface area contributed by atoms with Gasteiger partial charge in [-0.3, -0.25) is 4.79 Å². The molecule has 0 saturated carbocycles. The Morgan fingerprint density at radius 3 is 2.78 bits per heavy atom. The summed E-state index contributed by atoms with van der Waals surface area (Å²) in [4.78, 5) is 37.0. The molecule has 2 fully saturated rings. The molecule has 5 rings (SSSR count). The topological polar surface area (TPSA) is 68.8 Å². The molecule has 0 aliphatic carbocycles. The van der Waals surface area contributed by atoms with E-state index in [0.29, 0.717) is 28.7 Å². The Balaban J connectivity index is 1.30. The molecule has 3 aliphatic rings. The molecule has 1 N–H and O–H groups in total. The fraction of sp³-hybridized carbons (Fsp3) is 0.480. The Morgan fingerprint density at radius 2 is 1.91 bits per heavy atom. The van der Waals surface area contributed by atoms with Crippen molar-refractivity contribution in [2.75, 3.05) is 42.9 Å². The highest BCUT2D eigenvalue weighted by Gasteiger charge is 2.35. The van der Waals surface area contributed by atoms with Gasteiger partial charge in [0.05, 0.1) is 16.9 Å². The van der Waals surface area contributed by atoms with E-state index >= 15 is 0 Å². The highest BCUT2D eigenvalue weighted by molar-refractivity contribution is 6.16. The minimum atomic E-state index is -0.243. The van der Waals surface area contributed by atoms with Crippen LogP contribution >= 0.6 is 0 Å². The maximum absolute atomic E-state index is 13.7. The molecule has 0 radical (unpaired) electrons. The SMILES string of the molecule is O=C1Nc2ccccc2N(C(=O)N2CCC(CCCN3CCCCC3)C2)c2ncccc21. The number of rotatable bonds is 4. The standard InChI is InChI=1S/C25H31N5O2/c31-24-20-9-6-13-26-23(20)30(22-11-3-2-10-21(22)27-24)25(32)29-17-12-19(18-29)8-7-16-28-14-4-1-5-15-28/h2-3,6,9-11,13,19H,1,4-5,7-8,12,14-18H2,(H,27,31). The summed E-state index contributed by atoms with van der Waals surface area (Å²) in [5, 5.41) is 2.93. The lowest BCUT2D eigenvalue weighted by Gasteiger charge is -2.28. The number of carbonyl (C=O) groups excluding carboxylic acids is 2. The molecule has 3 aliphatic heterocycles. The number of carbonyl (C=O) groups is 2. The minimum Gasteiger partial charge on any atom is -0.324 e. The lowest BCUT2D eigenvalue weighted by molar-refractivity contribution is 0.102. The number of fused-ring (bicyclic) bond motifs is 2. The third-order valence-corrected chi connectivity index (χ3v) is 6.92. The van der Waals surface area contributed by atoms with Crippen LogP contribution in [0.3, 0.4) is 0 Å². The van der Waals surface area contributed by atoms with Crippen LogP contribution < -0.4 is 10.2 Å². The number of hydrogen-bond acceptors (Lipinski definition) is 4. The Bertz CT molecular complexity index is 988. The van der Waals surface area contributed by atoms with Gasteiger partial charge in [0.2, 0.25) is 0 Å². The van der Waals surface area contributed by atoms with Crippen molar-refractivity contribution in [3.8, 4) is 0 Å². The number of amides is 3. The van der Waals surface area contributed by atoms with E-state index in [9.17, 15) is 9.59 Å². The van der Waals surface area contributed by atoms with Gasteiger partial charge < -0.3 is 15.1 Å². The summed E-state index contributed by atoms with van der Waals surface area (Å²) < 4.78 is 0. The third-order valence-electron chi connectivity index (χ3n) is 6.92. The molecule has 0 bridgehead atoms. The molecule has 4 heterocycles. The molecule has 3 amide bonds. The summed E-state index contributed by atoms with van der Waals surface area (Å²) in [7, 11) is 0. The molecule has 1 aromatic carbocycles. The van der Waals surface area contributed by atoms with Crippen molar-refractivity contribution in [1.29, 1.82) is 0 Å².